The van der Waals surface area contributed by atoms with Crippen LogP contribution in [0, 0.1) is 6.92 Å². The highest BCUT2D eigenvalue weighted by molar-refractivity contribution is 5.91. The molecular formula is C20H17NO4. The number of benzene rings is 2. The molecular weight excluding hydrogens is 318 g/mol. The summed E-state index contributed by atoms with van der Waals surface area (Å²) in [6, 6.07) is 16.2. The Morgan fingerprint density at radius 2 is 1.88 bits per heavy atom. The molecule has 1 heterocycles. The van der Waals surface area contributed by atoms with Gasteiger partial charge in [0.2, 0.25) is 0 Å². The Bertz CT molecular complexity index is 923. The van der Waals surface area contributed by atoms with E-state index in [1.54, 1.807) is 44.5 Å². The van der Waals surface area contributed by atoms with Crippen LogP contribution >= 0.6 is 0 Å². The van der Waals surface area contributed by atoms with E-state index in [9.17, 15) is 9.90 Å². The zero-order valence-electron chi connectivity index (χ0n) is 13.9. The molecule has 0 saturated carbocycles. The highest BCUT2D eigenvalue weighted by atomic mass is 16.5. The van der Waals surface area contributed by atoms with Crippen LogP contribution < -0.4 is 4.74 Å². The molecule has 0 saturated heterocycles. The monoisotopic (exact) mass is 335 g/mol. The lowest BCUT2D eigenvalue weighted by Crippen LogP contribution is -1.99. The molecule has 0 spiro atoms. The minimum absolute atomic E-state index is 0.266. The molecule has 0 aliphatic rings. The Morgan fingerprint density at radius 3 is 2.56 bits per heavy atom. The van der Waals surface area contributed by atoms with Crippen molar-refractivity contribution in [3.8, 4) is 17.1 Å². The second-order valence-electron chi connectivity index (χ2n) is 5.49. The van der Waals surface area contributed by atoms with Gasteiger partial charge in [-0.1, -0.05) is 12.1 Å². The maximum absolute atomic E-state index is 11.3. The van der Waals surface area contributed by atoms with Crippen LogP contribution in [0.25, 0.3) is 11.3 Å². The van der Waals surface area contributed by atoms with E-state index in [1.165, 1.54) is 0 Å². The first-order chi connectivity index (χ1) is 12.1. The fourth-order valence-corrected chi connectivity index (χ4v) is 2.39. The summed E-state index contributed by atoms with van der Waals surface area (Å²) in [4.78, 5) is 15.6. The van der Waals surface area contributed by atoms with Gasteiger partial charge in [0.15, 0.2) is 0 Å². The molecule has 2 aromatic carbocycles. The zero-order chi connectivity index (χ0) is 17.8. The number of hydrogen-bond acceptors (Lipinski definition) is 4. The topological polar surface area (TPSA) is 72.0 Å². The second kappa shape index (κ2) is 7.05. The molecule has 0 bridgehead atoms. The number of carboxylic acid groups (broad SMARTS) is 1. The van der Waals surface area contributed by atoms with Gasteiger partial charge in [-0.3, -0.25) is 4.99 Å². The highest BCUT2D eigenvalue weighted by Crippen LogP contribution is 2.25. The summed E-state index contributed by atoms with van der Waals surface area (Å²) in [5, 5.41) is 9.23. The number of furan rings is 1. The van der Waals surface area contributed by atoms with E-state index in [-0.39, 0.29) is 5.56 Å². The van der Waals surface area contributed by atoms with Crippen molar-refractivity contribution in [2.75, 3.05) is 7.11 Å². The van der Waals surface area contributed by atoms with Crippen molar-refractivity contribution in [2.45, 2.75) is 6.92 Å². The first kappa shape index (κ1) is 16.5. The maximum atomic E-state index is 11.3. The summed E-state index contributed by atoms with van der Waals surface area (Å²) in [6.45, 7) is 1.77. The van der Waals surface area contributed by atoms with E-state index < -0.39 is 5.97 Å². The Hall–Kier alpha value is -3.34. The quantitative estimate of drug-likeness (QED) is 0.685. The number of rotatable bonds is 5. The smallest absolute Gasteiger partial charge is 0.335 e. The number of carbonyl (C=O) groups is 1. The van der Waals surface area contributed by atoms with E-state index in [0.29, 0.717) is 22.6 Å². The predicted octanol–water partition coefficient (Wildman–Crippen LogP) is 4.71. The molecule has 0 fully saturated rings. The molecule has 3 aromatic rings. The summed E-state index contributed by atoms with van der Waals surface area (Å²) >= 11 is 0. The molecule has 0 radical (unpaired) electrons. The van der Waals surface area contributed by atoms with Crippen LogP contribution in [0.1, 0.15) is 21.7 Å². The van der Waals surface area contributed by atoms with Crippen LogP contribution in [-0.4, -0.2) is 24.4 Å². The molecule has 0 aliphatic heterocycles. The number of methoxy groups -OCH3 is 1. The maximum Gasteiger partial charge on any atom is 0.335 e. The summed E-state index contributed by atoms with van der Waals surface area (Å²) in [7, 11) is 1.61. The number of nitrogens with zero attached hydrogens (tertiary/aromatic N) is 1. The van der Waals surface area contributed by atoms with Crippen molar-refractivity contribution in [2.24, 2.45) is 4.99 Å². The molecule has 5 heteroatoms. The Balaban J connectivity index is 1.81. The van der Waals surface area contributed by atoms with Gasteiger partial charge >= 0.3 is 5.97 Å². The molecule has 5 nitrogen and oxygen atoms in total. The summed E-state index contributed by atoms with van der Waals surface area (Å²) in [5.41, 5.74) is 2.47. The lowest BCUT2D eigenvalue weighted by Gasteiger charge is -2.03. The molecule has 0 unspecified atom stereocenters. The van der Waals surface area contributed by atoms with Crippen molar-refractivity contribution in [1.29, 1.82) is 0 Å². The first-order valence-corrected chi connectivity index (χ1v) is 7.69. The number of carboxylic acids is 1. The average Bonchev–Trinajstić information content (AvgIpc) is 3.09. The zero-order valence-corrected chi connectivity index (χ0v) is 13.9. The van der Waals surface area contributed by atoms with E-state index >= 15 is 0 Å². The van der Waals surface area contributed by atoms with Gasteiger partial charge in [0.05, 0.1) is 24.6 Å². The van der Waals surface area contributed by atoms with Crippen molar-refractivity contribution in [3.63, 3.8) is 0 Å². The van der Waals surface area contributed by atoms with Crippen molar-refractivity contribution >= 4 is 17.9 Å². The van der Waals surface area contributed by atoms with Crippen molar-refractivity contribution in [1.82, 2.24) is 0 Å². The number of hydrogen-bond donors (Lipinski definition) is 1. The molecule has 0 atom stereocenters. The molecule has 0 aliphatic carbocycles. The summed E-state index contributed by atoms with van der Waals surface area (Å²) in [5.74, 6) is 1.00. The molecule has 25 heavy (non-hydrogen) atoms. The van der Waals surface area contributed by atoms with Crippen LogP contribution in [0.4, 0.5) is 5.69 Å². The summed E-state index contributed by atoms with van der Waals surface area (Å²) < 4.78 is 10.9. The van der Waals surface area contributed by atoms with Crippen LogP contribution in [0.5, 0.6) is 5.75 Å². The number of aliphatic imine (C=N–C) groups is 1. The Labute approximate surface area is 145 Å². The largest absolute Gasteiger partial charge is 0.497 e. The lowest BCUT2D eigenvalue weighted by atomic mass is 10.0. The fourth-order valence-electron chi connectivity index (χ4n) is 2.39. The lowest BCUT2D eigenvalue weighted by molar-refractivity contribution is 0.0696. The highest BCUT2D eigenvalue weighted by Gasteiger charge is 2.11. The third-order valence-corrected chi connectivity index (χ3v) is 3.79. The van der Waals surface area contributed by atoms with Gasteiger partial charge < -0.3 is 14.3 Å². The average molecular weight is 335 g/mol. The van der Waals surface area contributed by atoms with Gasteiger partial charge in [-0.2, -0.15) is 0 Å². The van der Waals surface area contributed by atoms with E-state index in [4.69, 9.17) is 9.15 Å². The normalized spacial score (nSPS) is 11.0. The number of aryl methyl sites for hydroxylation is 1. The van der Waals surface area contributed by atoms with E-state index in [0.717, 1.165) is 11.4 Å². The minimum Gasteiger partial charge on any atom is -0.497 e. The van der Waals surface area contributed by atoms with Gasteiger partial charge in [0.1, 0.15) is 17.3 Å². The van der Waals surface area contributed by atoms with Gasteiger partial charge in [-0.05, 0) is 55.0 Å². The fraction of sp³-hybridized carbons (Fsp3) is 0.100. The molecule has 126 valence electrons. The van der Waals surface area contributed by atoms with Crippen LogP contribution in [0.3, 0.4) is 0 Å². The van der Waals surface area contributed by atoms with Gasteiger partial charge in [0.25, 0.3) is 0 Å². The van der Waals surface area contributed by atoms with Gasteiger partial charge in [-0.15, -0.1) is 0 Å². The van der Waals surface area contributed by atoms with Crippen molar-refractivity contribution < 1.29 is 19.1 Å². The third kappa shape index (κ3) is 3.77. The first-order valence-electron chi connectivity index (χ1n) is 7.69. The van der Waals surface area contributed by atoms with Crippen LogP contribution in [-0.2, 0) is 0 Å². The number of aromatic carboxylic acids is 1. The number of ether oxygens (including phenoxy) is 1. The van der Waals surface area contributed by atoms with Gasteiger partial charge in [-0.25, -0.2) is 4.79 Å². The third-order valence-electron chi connectivity index (χ3n) is 3.79. The SMILES string of the molecule is COc1ccc(N=Cc2ccc(-c3ccc(C)c(C(=O)O)c3)o2)cc1. The Kier molecular flexibility index (Phi) is 4.66. The standard InChI is InChI=1S/C20H17NO4/c1-13-3-4-14(11-18(13)20(22)23)19-10-9-17(25-19)12-21-15-5-7-16(24-2)8-6-15/h3-12H,1-2H3,(H,22,23). The van der Waals surface area contributed by atoms with Crippen molar-refractivity contribution in [3.05, 3.63) is 71.5 Å². The van der Waals surface area contributed by atoms with Crippen LogP contribution in [0.2, 0.25) is 0 Å². The molecule has 3 rings (SSSR count). The predicted molar refractivity (Wildman–Crippen MR) is 96.1 cm³/mol. The second-order valence-corrected chi connectivity index (χ2v) is 5.49. The molecule has 1 N–H and O–H groups in total. The Morgan fingerprint density at radius 1 is 1.12 bits per heavy atom. The minimum atomic E-state index is -0.952. The van der Waals surface area contributed by atoms with E-state index in [2.05, 4.69) is 4.99 Å². The van der Waals surface area contributed by atoms with E-state index in [1.807, 2.05) is 30.3 Å². The summed E-state index contributed by atoms with van der Waals surface area (Å²) in [6.07, 6.45) is 1.62. The van der Waals surface area contributed by atoms with Gasteiger partial charge in [0, 0.05) is 5.56 Å². The molecule has 1 aromatic heterocycles. The molecule has 0 amide bonds. The van der Waals surface area contributed by atoms with Crippen LogP contribution in [0.15, 0.2) is 64.0 Å².